The van der Waals surface area contributed by atoms with Gasteiger partial charge in [-0.25, -0.2) is 4.79 Å². The summed E-state index contributed by atoms with van der Waals surface area (Å²) in [6, 6.07) is 0. The number of nitrogens with two attached hydrogens (primary N) is 1. The third-order valence-electron chi connectivity index (χ3n) is 1.12. The van der Waals surface area contributed by atoms with Crippen LogP contribution in [0.3, 0.4) is 0 Å². The Morgan fingerprint density at radius 3 is 2.55 bits per heavy atom. The van der Waals surface area contributed by atoms with Gasteiger partial charge in [-0.05, 0) is 0 Å². The zero-order valence-corrected chi connectivity index (χ0v) is 6.40. The molecule has 0 fully saturated rings. The van der Waals surface area contributed by atoms with Crippen LogP contribution in [0, 0.1) is 0 Å². The zero-order chi connectivity index (χ0) is 7.56. The Labute approximate surface area is 68.1 Å². The van der Waals surface area contributed by atoms with E-state index in [1.54, 1.807) is 0 Å². The fraction of sp³-hybridized carbons (Fsp3) is 0.200. The molecule has 0 bridgehead atoms. The normalized spacial score (nSPS) is 8.82. The standard InChI is InChI=1S/C5H7N3O2.ClH/c6-1-3-2-7-5(10)8-4(3)9;/h2H,1,6H2,(H2,7,8,9,10);1H. The van der Waals surface area contributed by atoms with Crippen molar-refractivity contribution < 1.29 is 0 Å². The average molecular weight is 178 g/mol. The lowest BCUT2D eigenvalue weighted by Gasteiger charge is -1.90. The molecule has 1 rings (SSSR count). The monoisotopic (exact) mass is 177 g/mol. The second-order valence-electron chi connectivity index (χ2n) is 1.80. The quantitative estimate of drug-likeness (QED) is 0.511. The van der Waals surface area contributed by atoms with Crippen LogP contribution in [0.4, 0.5) is 0 Å². The van der Waals surface area contributed by atoms with Crippen molar-refractivity contribution in [2.24, 2.45) is 5.73 Å². The Morgan fingerprint density at radius 1 is 1.45 bits per heavy atom. The summed E-state index contributed by atoms with van der Waals surface area (Å²) >= 11 is 0. The van der Waals surface area contributed by atoms with E-state index >= 15 is 0 Å². The Kier molecular flexibility index (Phi) is 3.56. The molecule has 0 aliphatic rings. The topological polar surface area (TPSA) is 91.7 Å². The molecule has 0 aliphatic heterocycles. The van der Waals surface area contributed by atoms with Gasteiger partial charge >= 0.3 is 5.69 Å². The van der Waals surface area contributed by atoms with Crippen LogP contribution < -0.4 is 17.0 Å². The van der Waals surface area contributed by atoms with Crippen molar-refractivity contribution in [3.8, 4) is 0 Å². The molecule has 0 aromatic carbocycles. The van der Waals surface area contributed by atoms with Crippen LogP contribution in [0.2, 0.25) is 0 Å². The number of hydrogen-bond acceptors (Lipinski definition) is 3. The Hall–Kier alpha value is -1.07. The molecule has 5 nitrogen and oxygen atoms in total. The number of nitrogens with one attached hydrogen (secondary N) is 2. The van der Waals surface area contributed by atoms with Crippen LogP contribution in [0.15, 0.2) is 15.8 Å². The molecule has 0 saturated heterocycles. The van der Waals surface area contributed by atoms with Crippen molar-refractivity contribution in [2.75, 3.05) is 0 Å². The van der Waals surface area contributed by atoms with Gasteiger partial charge in [0.15, 0.2) is 0 Å². The zero-order valence-electron chi connectivity index (χ0n) is 5.59. The Balaban J connectivity index is 0.000001000. The molecule has 0 amide bonds. The highest BCUT2D eigenvalue weighted by atomic mass is 35.5. The summed E-state index contributed by atoms with van der Waals surface area (Å²) in [6.45, 7) is 0.131. The molecule has 0 atom stereocenters. The van der Waals surface area contributed by atoms with Crippen molar-refractivity contribution in [3.63, 3.8) is 0 Å². The molecular weight excluding hydrogens is 170 g/mol. The predicted octanol–water partition coefficient (Wildman–Crippen LogP) is -1.06. The minimum absolute atomic E-state index is 0. The van der Waals surface area contributed by atoms with E-state index in [9.17, 15) is 9.59 Å². The average Bonchev–Trinajstić information content (AvgIpc) is 1.88. The van der Waals surface area contributed by atoms with Crippen molar-refractivity contribution >= 4 is 12.4 Å². The number of rotatable bonds is 1. The highest BCUT2D eigenvalue weighted by molar-refractivity contribution is 5.85. The first-order chi connectivity index (χ1) is 4.74. The molecule has 1 aromatic rings. The van der Waals surface area contributed by atoms with Crippen molar-refractivity contribution in [3.05, 3.63) is 32.6 Å². The maximum atomic E-state index is 10.7. The van der Waals surface area contributed by atoms with E-state index in [4.69, 9.17) is 5.73 Å². The first-order valence-corrected chi connectivity index (χ1v) is 2.75. The third-order valence-corrected chi connectivity index (χ3v) is 1.12. The van der Waals surface area contributed by atoms with Gasteiger partial charge in [0, 0.05) is 18.3 Å². The minimum Gasteiger partial charge on any atom is -0.326 e. The molecule has 1 heterocycles. The van der Waals surface area contributed by atoms with Gasteiger partial charge in [0.05, 0.1) is 0 Å². The van der Waals surface area contributed by atoms with Gasteiger partial charge in [-0.1, -0.05) is 0 Å². The molecule has 0 unspecified atom stereocenters. The minimum atomic E-state index is -0.512. The van der Waals surface area contributed by atoms with Crippen LogP contribution in [-0.2, 0) is 6.54 Å². The summed E-state index contributed by atoms with van der Waals surface area (Å²) in [6.07, 6.45) is 1.31. The summed E-state index contributed by atoms with van der Waals surface area (Å²) in [4.78, 5) is 25.5. The molecule has 0 radical (unpaired) electrons. The van der Waals surface area contributed by atoms with E-state index < -0.39 is 11.2 Å². The van der Waals surface area contributed by atoms with Gasteiger partial charge in [-0.3, -0.25) is 9.78 Å². The van der Waals surface area contributed by atoms with Crippen LogP contribution in [0.1, 0.15) is 5.56 Å². The summed E-state index contributed by atoms with van der Waals surface area (Å²) in [7, 11) is 0. The molecule has 62 valence electrons. The summed E-state index contributed by atoms with van der Waals surface area (Å²) < 4.78 is 0. The largest absolute Gasteiger partial charge is 0.326 e. The smallest absolute Gasteiger partial charge is 0.325 e. The van der Waals surface area contributed by atoms with E-state index in [2.05, 4.69) is 4.98 Å². The van der Waals surface area contributed by atoms with Gasteiger partial charge < -0.3 is 10.7 Å². The lowest BCUT2D eigenvalue weighted by atomic mass is 10.3. The molecular formula is C5H8ClN3O2. The predicted molar refractivity (Wildman–Crippen MR) is 42.8 cm³/mol. The highest BCUT2D eigenvalue weighted by Gasteiger charge is 1.94. The first-order valence-electron chi connectivity index (χ1n) is 2.75. The van der Waals surface area contributed by atoms with E-state index in [1.165, 1.54) is 6.20 Å². The van der Waals surface area contributed by atoms with Crippen LogP contribution in [-0.4, -0.2) is 9.97 Å². The molecule has 11 heavy (non-hydrogen) atoms. The van der Waals surface area contributed by atoms with Gasteiger partial charge in [0.25, 0.3) is 5.56 Å². The number of aromatic amines is 2. The van der Waals surface area contributed by atoms with E-state index in [0.29, 0.717) is 5.56 Å². The number of hydrogen-bond donors (Lipinski definition) is 3. The summed E-state index contributed by atoms with van der Waals surface area (Å²) in [5.74, 6) is 0. The van der Waals surface area contributed by atoms with E-state index in [-0.39, 0.29) is 19.0 Å². The van der Waals surface area contributed by atoms with Crippen molar-refractivity contribution in [1.29, 1.82) is 0 Å². The molecule has 4 N–H and O–H groups in total. The second kappa shape index (κ2) is 3.95. The van der Waals surface area contributed by atoms with Crippen molar-refractivity contribution in [1.82, 2.24) is 9.97 Å². The first kappa shape index (κ1) is 9.93. The fourth-order valence-corrected chi connectivity index (χ4v) is 0.589. The van der Waals surface area contributed by atoms with Gasteiger partial charge in [0.1, 0.15) is 0 Å². The second-order valence-corrected chi connectivity index (χ2v) is 1.80. The van der Waals surface area contributed by atoms with Gasteiger partial charge in [-0.15, -0.1) is 12.4 Å². The maximum absolute atomic E-state index is 10.7. The van der Waals surface area contributed by atoms with Crippen LogP contribution in [0.25, 0.3) is 0 Å². The van der Waals surface area contributed by atoms with Crippen LogP contribution in [0.5, 0.6) is 0 Å². The highest BCUT2D eigenvalue weighted by Crippen LogP contribution is 1.77. The Morgan fingerprint density at radius 2 is 2.09 bits per heavy atom. The third kappa shape index (κ3) is 2.21. The fourth-order valence-electron chi connectivity index (χ4n) is 0.589. The van der Waals surface area contributed by atoms with E-state index in [0.717, 1.165) is 0 Å². The van der Waals surface area contributed by atoms with Crippen molar-refractivity contribution in [2.45, 2.75) is 6.54 Å². The molecule has 0 aliphatic carbocycles. The summed E-state index contributed by atoms with van der Waals surface area (Å²) in [5, 5.41) is 0. The number of halogens is 1. The lowest BCUT2D eigenvalue weighted by molar-refractivity contribution is 0.941. The Bertz CT molecular complexity index is 329. The van der Waals surface area contributed by atoms with E-state index in [1.807, 2.05) is 4.98 Å². The molecule has 0 spiro atoms. The molecule has 6 heteroatoms. The molecule has 1 aromatic heterocycles. The SMILES string of the molecule is Cl.NCc1c[nH]c(=O)[nH]c1=O. The molecule has 0 saturated carbocycles. The van der Waals surface area contributed by atoms with Gasteiger partial charge in [-0.2, -0.15) is 0 Å². The summed E-state index contributed by atoms with van der Waals surface area (Å²) in [5.41, 5.74) is 4.60. The maximum Gasteiger partial charge on any atom is 0.325 e. The van der Waals surface area contributed by atoms with Crippen LogP contribution >= 0.6 is 12.4 Å². The van der Waals surface area contributed by atoms with Gasteiger partial charge in [0.2, 0.25) is 0 Å². The number of H-pyrrole nitrogens is 2. The lowest BCUT2D eigenvalue weighted by Crippen LogP contribution is -2.25. The number of aromatic nitrogens is 2.